The summed E-state index contributed by atoms with van der Waals surface area (Å²) in [6.07, 6.45) is 8.94. The fraction of sp³-hybridized carbons (Fsp3) is 0.625. The van der Waals surface area contributed by atoms with E-state index in [0.717, 1.165) is 0 Å². The maximum atomic E-state index is 5.84. The van der Waals surface area contributed by atoms with E-state index in [4.69, 9.17) is 5.84 Å². The Morgan fingerprint density at radius 3 is 2.44 bits per heavy atom. The highest BCUT2D eigenvalue weighted by Crippen LogP contribution is 2.47. The van der Waals surface area contributed by atoms with Gasteiger partial charge in [-0.05, 0) is 24.8 Å². The number of hydrogen-bond donors (Lipinski definition) is 2. The van der Waals surface area contributed by atoms with Gasteiger partial charge in [0.05, 0.1) is 0 Å². The van der Waals surface area contributed by atoms with Gasteiger partial charge in [-0.15, -0.1) is 0 Å². The molecule has 0 amide bonds. The van der Waals surface area contributed by atoms with E-state index in [0.29, 0.717) is 11.5 Å². The summed E-state index contributed by atoms with van der Waals surface area (Å²) in [5.41, 5.74) is 4.87. The van der Waals surface area contributed by atoms with E-state index >= 15 is 0 Å². The van der Waals surface area contributed by atoms with Crippen LogP contribution in [0.5, 0.6) is 0 Å². The topological polar surface area (TPSA) is 38.0 Å². The van der Waals surface area contributed by atoms with Crippen molar-refractivity contribution in [2.45, 2.75) is 63.3 Å². The summed E-state index contributed by atoms with van der Waals surface area (Å²) in [4.78, 5) is 0. The molecule has 0 heterocycles. The molecule has 0 spiro atoms. The smallest absolute Gasteiger partial charge is 0.0307 e. The van der Waals surface area contributed by atoms with Crippen LogP contribution in [0.15, 0.2) is 30.3 Å². The molecule has 1 aromatic carbocycles. The van der Waals surface area contributed by atoms with Crippen molar-refractivity contribution in [3.05, 3.63) is 35.9 Å². The average molecular weight is 246 g/mol. The molecule has 1 unspecified atom stereocenters. The number of unbranched alkanes of at least 4 members (excludes halogenated alkanes) is 2. The van der Waals surface area contributed by atoms with Crippen molar-refractivity contribution in [2.24, 2.45) is 5.84 Å². The number of benzene rings is 1. The normalized spacial score (nSPS) is 19.2. The molecule has 0 bridgehead atoms. The lowest BCUT2D eigenvalue weighted by atomic mass is 9.59. The van der Waals surface area contributed by atoms with Crippen LogP contribution < -0.4 is 11.3 Å². The Morgan fingerprint density at radius 1 is 1.22 bits per heavy atom. The van der Waals surface area contributed by atoms with Crippen LogP contribution in [0.25, 0.3) is 0 Å². The molecule has 1 atom stereocenters. The van der Waals surface area contributed by atoms with E-state index in [9.17, 15) is 0 Å². The molecule has 2 heteroatoms. The Labute approximate surface area is 111 Å². The van der Waals surface area contributed by atoms with Crippen molar-refractivity contribution < 1.29 is 0 Å². The van der Waals surface area contributed by atoms with Crippen molar-refractivity contribution in [2.75, 3.05) is 0 Å². The SMILES string of the molecule is CCCCCC(NN)C1(c2ccccc2)CCC1. The Hall–Kier alpha value is -0.860. The third-order valence-electron chi connectivity index (χ3n) is 4.56. The minimum absolute atomic E-state index is 0.295. The number of hydrogen-bond acceptors (Lipinski definition) is 2. The molecule has 1 fully saturated rings. The maximum Gasteiger partial charge on any atom is 0.0307 e. The van der Waals surface area contributed by atoms with Crippen LogP contribution in [0.4, 0.5) is 0 Å². The van der Waals surface area contributed by atoms with E-state index in [2.05, 4.69) is 42.7 Å². The first kappa shape index (κ1) is 13.6. The Bertz CT molecular complexity index is 343. The van der Waals surface area contributed by atoms with E-state index in [1.807, 2.05) is 0 Å². The van der Waals surface area contributed by atoms with Crippen molar-refractivity contribution in [3.63, 3.8) is 0 Å². The first-order valence-electron chi connectivity index (χ1n) is 7.35. The van der Waals surface area contributed by atoms with E-state index in [-0.39, 0.29) is 0 Å². The van der Waals surface area contributed by atoms with Crippen LogP contribution in [0, 0.1) is 0 Å². The molecule has 1 aliphatic carbocycles. The minimum Gasteiger partial charge on any atom is -0.271 e. The van der Waals surface area contributed by atoms with Crippen LogP contribution in [0.2, 0.25) is 0 Å². The fourth-order valence-electron chi connectivity index (χ4n) is 3.28. The largest absolute Gasteiger partial charge is 0.271 e. The van der Waals surface area contributed by atoms with Gasteiger partial charge in [-0.2, -0.15) is 0 Å². The van der Waals surface area contributed by atoms with Crippen molar-refractivity contribution in [3.8, 4) is 0 Å². The van der Waals surface area contributed by atoms with Crippen molar-refractivity contribution in [1.29, 1.82) is 0 Å². The highest BCUT2D eigenvalue weighted by Gasteiger charge is 2.44. The summed E-state index contributed by atoms with van der Waals surface area (Å²) < 4.78 is 0. The molecule has 0 aromatic heterocycles. The highest BCUT2D eigenvalue weighted by molar-refractivity contribution is 5.30. The van der Waals surface area contributed by atoms with Gasteiger partial charge in [-0.3, -0.25) is 11.3 Å². The van der Waals surface area contributed by atoms with E-state index in [1.54, 1.807) is 0 Å². The maximum absolute atomic E-state index is 5.84. The summed E-state index contributed by atoms with van der Waals surface area (Å²) >= 11 is 0. The molecule has 1 aliphatic rings. The van der Waals surface area contributed by atoms with Gasteiger partial charge in [-0.25, -0.2) is 0 Å². The Morgan fingerprint density at radius 2 is 1.94 bits per heavy atom. The molecule has 0 aliphatic heterocycles. The van der Waals surface area contributed by atoms with Gasteiger partial charge in [0, 0.05) is 11.5 Å². The van der Waals surface area contributed by atoms with Crippen LogP contribution >= 0.6 is 0 Å². The Balaban J connectivity index is 2.10. The number of nitrogens with two attached hydrogens (primary N) is 1. The third kappa shape index (κ3) is 2.60. The monoisotopic (exact) mass is 246 g/mol. The van der Waals surface area contributed by atoms with E-state index in [1.165, 1.54) is 50.5 Å². The quantitative estimate of drug-likeness (QED) is 0.439. The van der Waals surface area contributed by atoms with Crippen LogP contribution in [0.3, 0.4) is 0 Å². The average Bonchev–Trinajstić information content (AvgIpc) is 2.37. The van der Waals surface area contributed by atoms with Gasteiger partial charge in [0.2, 0.25) is 0 Å². The van der Waals surface area contributed by atoms with Crippen LogP contribution in [-0.2, 0) is 5.41 Å². The second-order valence-electron chi connectivity index (χ2n) is 5.59. The summed E-state index contributed by atoms with van der Waals surface area (Å²) in [6.45, 7) is 2.25. The van der Waals surface area contributed by atoms with Gasteiger partial charge in [0.25, 0.3) is 0 Å². The molecule has 2 nitrogen and oxygen atoms in total. The molecular formula is C16H26N2. The minimum atomic E-state index is 0.295. The molecule has 0 radical (unpaired) electrons. The summed E-state index contributed by atoms with van der Waals surface area (Å²) in [5, 5.41) is 0. The molecule has 100 valence electrons. The molecule has 18 heavy (non-hydrogen) atoms. The standard InChI is InChI=1S/C16H26N2/c1-2-3-5-11-15(18-17)16(12-8-13-16)14-9-6-4-7-10-14/h4,6-7,9-10,15,18H,2-3,5,8,11-13,17H2,1H3. The van der Waals surface area contributed by atoms with E-state index < -0.39 is 0 Å². The second kappa shape index (κ2) is 6.35. The number of nitrogens with one attached hydrogen (secondary N) is 1. The first-order chi connectivity index (χ1) is 8.83. The third-order valence-corrected chi connectivity index (χ3v) is 4.56. The highest BCUT2D eigenvalue weighted by atomic mass is 15.2. The van der Waals surface area contributed by atoms with Crippen molar-refractivity contribution >= 4 is 0 Å². The van der Waals surface area contributed by atoms with Gasteiger partial charge in [0.1, 0.15) is 0 Å². The zero-order valence-electron chi connectivity index (χ0n) is 11.5. The van der Waals surface area contributed by atoms with Gasteiger partial charge in [0.15, 0.2) is 0 Å². The number of rotatable bonds is 7. The molecule has 1 aromatic rings. The number of hydrazine groups is 1. The first-order valence-corrected chi connectivity index (χ1v) is 7.35. The second-order valence-corrected chi connectivity index (χ2v) is 5.59. The Kier molecular flexibility index (Phi) is 4.79. The predicted molar refractivity (Wildman–Crippen MR) is 77.2 cm³/mol. The summed E-state index contributed by atoms with van der Waals surface area (Å²) in [6, 6.07) is 11.4. The lowest BCUT2D eigenvalue weighted by Gasteiger charge is -2.48. The zero-order valence-corrected chi connectivity index (χ0v) is 11.5. The fourth-order valence-corrected chi connectivity index (χ4v) is 3.28. The molecule has 1 saturated carbocycles. The molecular weight excluding hydrogens is 220 g/mol. The van der Waals surface area contributed by atoms with Crippen LogP contribution in [0.1, 0.15) is 57.4 Å². The lowest BCUT2D eigenvalue weighted by molar-refractivity contribution is 0.159. The summed E-state index contributed by atoms with van der Waals surface area (Å²) in [5.74, 6) is 5.84. The molecule has 3 N–H and O–H groups in total. The predicted octanol–water partition coefficient (Wildman–Crippen LogP) is 3.52. The zero-order chi connectivity index (χ0) is 12.8. The summed E-state index contributed by atoms with van der Waals surface area (Å²) in [7, 11) is 0. The molecule has 2 rings (SSSR count). The van der Waals surface area contributed by atoms with Crippen molar-refractivity contribution in [1.82, 2.24) is 5.43 Å². The molecule has 0 saturated heterocycles. The van der Waals surface area contributed by atoms with Gasteiger partial charge in [-0.1, -0.05) is 62.9 Å². The van der Waals surface area contributed by atoms with Crippen LogP contribution in [-0.4, -0.2) is 6.04 Å². The lowest BCUT2D eigenvalue weighted by Crippen LogP contribution is -2.54. The van der Waals surface area contributed by atoms with Gasteiger partial charge < -0.3 is 0 Å². The van der Waals surface area contributed by atoms with Gasteiger partial charge >= 0.3 is 0 Å².